The molecule has 94 valence electrons. The lowest BCUT2D eigenvalue weighted by Gasteiger charge is -2.32. The van der Waals surface area contributed by atoms with Gasteiger partial charge in [-0.05, 0) is 39.4 Å². The van der Waals surface area contributed by atoms with Gasteiger partial charge in [0.05, 0.1) is 0 Å². The Morgan fingerprint density at radius 2 is 2.12 bits per heavy atom. The number of amides is 1. The van der Waals surface area contributed by atoms with Gasteiger partial charge in [0.15, 0.2) is 0 Å². The predicted molar refractivity (Wildman–Crippen MR) is 66.4 cm³/mol. The Bertz CT molecular complexity index is 208. The fourth-order valence-electron chi connectivity index (χ4n) is 2.23. The van der Waals surface area contributed by atoms with Gasteiger partial charge in [-0.3, -0.25) is 4.79 Å². The average Bonchev–Trinajstić information content (AvgIpc) is 2.25. The lowest BCUT2D eigenvalue weighted by atomic mass is 10.0. The van der Waals surface area contributed by atoms with Gasteiger partial charge in [-0.1, -0.05) is 6.42 Å². The largest absolute Gasteiger partial charge is 0.355 e. The molecule has 4 heteroatoms. The van der Waals surface area contributed by atoms with Crippen molar-refractivity contribution in [3.8, 4) is 0 Å². The second kappa shape index (κ2) is 7.63. The van der Waals surface area contributed by atoms with Crippen LogP contribution in [0.5, 0.6) is 0 Å². The topological polar surface area (TPSA) is 44.4 Å². The van der Waals surface area contributed by atoms with Gasteiger partial charge < -0.3 is 15.5 Å². The SMILES string of the molecule is CC(=O)NCCNCCC1CCCCN1C. The van der Waals surface area contributed by atoms with Crippen LogP contribution in [0.1, 0.15) is 32.6 Å². The van der Waals surface area contributed by atoms with E-state index in [9.17, 15) is 4.79 Å². The standard InChI is InChI=1S/C12H25N3O/c1-11(16)14-9-8-13-7-6-12-5-3-4-10-15(12)2/h12-13H,3-10H2,1-2H3,(H,14,16). The van der Waals surface area contributed by atoms with E-state index in [4.69, 9.17) is 0 Å². The molecule has 0 radical (unpaired) electrons. The lowest BCUT2D eigenvalue weighted by Crippen LogP contribution is -2.39. The summed E-state index contributed by atoms with van der Waals surface area (Å²) in [4.78, 5) is 13.1. The second-order valence-electron chi connectivity index (χ2n) is 4.65. The molecule has 1 saturated heterocycles. The fourth-order valence-corrected chi connectivity index (χ4v) is 2.23. The van der Waals surface area contributed by atoms with E-state index in [2.05, 4.69) is 22.6 Å². The van der Waals surface area contributed by atoms with E-state index in [1.807, 2.05) is 0 Å². The number of piperidine rings is 1. The molecule has 0 aromatic rings. The molecule has 1 aliphatic heterocycles. The monoisotopic (exact) mass is 227 g/mol. The van der Waals surface area contributed by atoms with Crippen LogP contribution in [0.25, 0.3) is 0 Å². The van der Waals surface area contributed by atoms with Gasteiger partial charge >= 0.3 is 0 Å². The zero-order valence-electron chi connectivity index (χ0n) is 10.6. The molecule has 2 N–H and O–H groups in total. The van der Waals surface area contributed by atoms with Gasteiger partial charge in [-0.15, -0.1) is 0 Å². The zero-order valence-corrected chi connectivity index (χ0v) is 10.6. The molecule has 1 fully saturated rings. The van der Waals surface area contributed by atoms with Crippen LogP contribution in [0.4, 0.5) is 0 Å². The number of nitrogens with zero attached hydrogens (tertiary/aromatic N) is 1. The van der Waals surface area contributed by atoms with Gasteiger partial charge in [0, 0.05) is 26.1 Å². The number of rotatable bonds is 6. The maximum absolute atomic E-state index is 10.6. The zero-order chi connectivity index (χ0) is 11.8. The molecule has 0 spiro atoms. The molecule has 1 heterocycles. The third kappa shape index (κ3) is 5.47. The van der Waals surface area contributed by atoms with Crippen molar-refractivity contribution in [1.29, 1.82) is 0 Å². The minimum absolute atomic E-state index is 0.0498. The molecule has 0 bridgehead atoms. The Balaban J connectivity index is 1.95. The second-order valence-corrected chi connectivity index (χ2v) is 4.65. The summed E-state index contributed by atoms with van der Waals surface area (Å²) in [5, 5.41) is 6.15. The minimum Gasteiger partial charge on any atom is -0.355 e. The lowest BCUT2D eigenvalue weighted by molar-refractivity contribution is -0.118. The first-order chi connectivity index (χ1) is 7.70. The molecule has 1 unspecified atom stereocenters. The maximum Gasteiger partial charge on any atom is 0.216 e. The molecule has 1 rings (SSSR count). The van der Waals surface area contributed by atoms with Crippen LogP contribution in [0.3, 0.4) is 0 Å². The molecule has 4 nitrogen and oxygen atoms in total. The summed E-state index contributed by atoms with van der Waals surface area (Å²) in [6, 6.07) is 0.752. The van der Waals surface area contributed by atoms with Gasteiger partial charge in [0.25, 0.3) is 0 Å². The van der Waals surface area contributed by atoms with E-state index in [1.54, 1.807) is 6.92 Å². The van der Waals surface area contributed by atoms with Crippen LogP contribution in [0.2, 0.25) is 0 Å². The summed E-state index contributed by atoms with van der Waals surface area (Å²) in [6.45, 7) is 5.45. The molecule has 0 aliphatic carbocycles. The van der Waals surface area contributed by atoms with Crippen LogP contribution in [-0.2, 0) is 4.79 Å². The molecular formula is C12H25N3O. The van der Waals surface area contributed by atoms with Crippen molar-refractivity contribution in [3.63, 3.8) is 0 Å². The van der Waals surface area contributed by atoms with Crippen molar-refractivity contribution >= 4 is 5.91 Å². The van der Waals surface area contributed by atoms with Crippen LogP contribution < -0.4 is 10.6 Å². The van der Waals surface area contributed by atoms with Crippen LogP contribution in [-0.4, -0.2) is 50.1 Å². The Labute approximate surface area is 98.8 Å². The third-order valence-electron chi connectivity index (χ3n) is 3.25. The summed E-state index contributed by atoms with van der Waals surface area (Å²) in [6.07, 6.45) is 5.28. The van der Waals surface area contributed by atoms with Gasteiger partial charge in [0.1, 0.15) is 0 Å². The highest BCUT2D eigenvalue weighted by Crippen LogP contribution is 2.16. The van der Waals surface area contributed by atoms with Crippen molar-refractivity contribution in [2.24, 2.45) is 0 Å². The normalized spacial score (nSPS) is 22.0. The Hall–Kier alpha value is -0.610. The summed E-state index contributed by atoms with van der Waals surface area (Å²) >= 11 is 0. The van der Waals surface area contributed by atoms with E-state index in [0.29, 0.717) is 0 Å². The molecule has 1 atom stereocenters. The van der Waals surface area contributed by atoms with E-state index in [0.717, 1.165) is 25.7 Å². The van der Waals surface area contributed by atoms with Gasteiger partial charge in [-0.25, -0.2) is 0 Å². The number of hydrogen-bond acceptors (Lipinski definition) is 3. The number of likely N-dealkylation sites (tertiary alicyclic amines) is 1. The van der Waals surface area contributed by atoms with Gasteiger partial charge in [-0.2, -0.15) is 0 Å². The molecule has 1 amide bonds. The molecule has 0 aromatic heterocycles. The van der Waals surface area contributed by atoms with Gasteiger partial charge in [0.2, 0.25) is 5.91 Å². The fraction of sp³-hybridized carbons (Fsp3) is 0.917. The van der Waals surface area contributed by atoms with Crippen LogP contribution >= 0.6 is 0 Å². The molecule has 16 heavy (non-hydrogen) atoms. The first kappa shape index (κ1) is 13.5. The Morgan fingerprint density at radius 1 is 1.31 bits per heavy atom. The van der Waals surface area contributed by atoms with Crippen molar-refractivity contribution in [2.45, 2.75) is 38.6 Å². The predicted octanol–water partition coefficient (Wildman–Crippen LogP) is 0.587. The Kier molecular flexibility index (Phi) is 6.42. The summed E-state index contributed by atoms with van der Waals surface area (Å²) < 4.78 is 0. The number of carbonyl (C=O) groups is 1. The smallest absolute Gasteiger partial charge is 0.216 e. The molecule has 1 aliphatic rings. The van der Waals surface area contributed by atoms with Crippen LogP contribution in [0.15, 0.2) is 0 Å². The van der Waals surface area contributed by atoms with E-state index in [1.165, 1.54) is 32.2 Å². The number of carbonyl (C=O) groups excluding carboxylic acids is 1. The molecular weight excluding hydrogens is 202 g/mol. The molecule has 0 aromatic carbocycles. The van der Waals surface area contributed by atoms with E-state index < -0.39 is 0 Å². The summed E-state index contributed by atoms with van der Waals surface area (Å²) in [5.74, 6) is 0.0498. The van der Waals surface area contributed by atoms with E-state index in [-0.39, 0.29) is 5.91 Å². The summed E-state index contributed by atoms with van der Waals surface area (Å²) in [5.41, 5.74) is 0. The summed E-state index contributed by atoms with van der Waals surface area (Å²) in [7, 11) is 2.22. The first-order valence-electron chi connectivity index (χ1n) is 6.35. The highest BCUT2D eigenvalue weighted by atomic mass is 16.1. The number of hydrogen-bond donors (Lipinski definition) is 2. The highest BCUT2D eigenvalue weighted by molar-refractivity contribution is 5.72. The Morgan fingerprint density at radius 3 is 2.81 bits per heavy atom. The average molecular weight is 227 g/mol. The third-order valence-corrected chi connectivity index (χ3v) is 3.25. The molecule has 0 saturated carbocycles. The van der Waals surface area contributed by atoms with Crippen molar-refractivity contribution in [1.82, 2.24) is 15.5 Å². The maximum atomic E-state index is 10.6. The first-order valence-corrected chi connectivity index (χ1v) is 6.35. The number of nitrogens with one attached hydrogen (secondary N) is 2. The van der Waals surface area contributed by atoms with Crippen molar-refractivity contribution < 1.29 is 4.79 Å². The van der Waals surface area contributed by atoms with Crippen LogP contribution in [0, 0.1) is 0 Å². The minimum atomic E-state index is 0.0498. The van der Waals surface area contributed by atoms with Crippen molar-refractivity contribution in [3.05, 3.63) is 0 Å². The highest BCUT2D eigenvalue weighted by Gasteiger charge is 2.17. The quantitative estimate of drug-likeness (QED) is 0.653. The van der Waals surface area contributed by atoms with E-state index >= 15 is 0 Å². The van der Waals surface area contributed by atoms with Crippen molar-refractivity contribution in [2.75, 3.05) is 33.2 Å².